The number of benzene rings is 3. The zero-order chi connectivity index (χ0) is 19.6. The van der Waals surface area contributed by atoms with Crippen LogP contribution in [0, 0.1) is 0 Å². The first-order valence-electron chi connectivity index (χ1n) is 8.92. The third-order valence-electron chi connectivity index (χ3n) is 4.72. The van der Waals surface area contributed by atoms with E-state index in [0.717, 1.165) is 33.9 Å². The summed E-state index contributed by atoms with van der Waals surface area (Å²) < 4.78 is 8.28. The van der Waals surface area contributed by atoms with Crippen molar-refractivity contribution < 1.29 is 9.90 Å². The van der Waals surface area contributed by atoms with Crippen LogP contribution in [0.3, 0.4) is 0 Å². The molecule has 1 heterocycles. The van der Waals surface area contributed by atoms with E-state index in [-0.39, 0.29) is 12.5 Å². The third kappa shape index (κ3) is 3.78. The number of hydrogen-bond acceptors (Lipinski definition) is 5. The Balaban J connectivity index is 1.45. The van der Waals surface area contributed by atoms with E-state index in [2.05, 4.69) is 14.1 Å². The van der Waals surface area contributed by atoms with Crippen LogP contribution < -0.4 is 5.32 Å². The minimum absolute atomic E-state index is 0.101. The monoisotopic (exact) mass is 389 g/mol. The molecule has 0 spiro atoms. The van der Waals surface area contributed by atoms with Crippen molar-refractivity contribution in [2.75, 3.05) is 6.54 Å². The van der Waals surface area contributed by atoms with Crippen LogP contribution in [0.15, 0.2) is 72.8 Å². The van der Waals surface area contributed by atoms with Gasteiger partial charge in [0.25, 0.3) is 5.91 Å². The highest BCUT2D eigenvalue weighted by atomic mass is 32.1. The van der Waals surface area contributed by atoms with Gasteiger partial charge in [-0.15, -0.1) is 0 Å². The van der Waals surface area contributed by atoms with Crippen LogP contribution in [0.2, 0.25) is 0 Å². The van der Waals surface area contributed by atoms with Gasteiger partial charge in [-0.3, -0.25) is 4.79 Å². The standard InChI is InChI=1S/C22H19N3O2S/c1-22(27,18-10-7-16(8-11-18)15-5-3-2-4-6-15)14-23-21(26)17-9-12-19-20(13-17)25-28-24-19/h2-13,27H,14H2,1H3,(H,23,26)/t22-/m1/s1. The second-order valence-corrected chi connectivity index (χ2v) is 7.40. The molecule has 3 aromatic carbocycles. The first-order valence-corrected chi connectivity index (χ1v) is 9.65. The summed E-state index contributed by atoms with van der Waals surface area (Å²) in [5.74, 6) is -0.254. The van der Waals surface area contributed by atoms with Gasteiger partial charge in [0.2, 0.25) is 0 Å². The molecule has 4 rings (SSSR count). The lowest BCUT2D eigenvalue weighted by molar-refractivity contribution is 0.0526. The fourth-order valence-electron chi connectivity index (χ4n) is 3.03. The Morgan fingerprint density at radius 3 is 2.39 bits per heavy atom. The van der Waals surface area contributed by atoms with Gasteiger partial charge in [0, 0.05) is 5.56 Å². The summed E-state index contributed by atoms with van der Waals surface area (Å²) in [5, 5.41) is 13.7. The number of carbonyl (C=O) groups excluding carboxylic acids is 1. The molecule has 4 aromatic rings. The number of carbonyl (C=O) groups is 1. The molecule has 0 fully saturated rings. The number of hydrogen-bond donors (Lipinski definition) is 2. The highest BCUT2D eigenvalue weighted by Crippen LogP contribution is 2.25. The SMILES string of the molecule is C[C@@](O)(CNC(=O)c1ccc2nsnc2c1)c1ccc(-c2ccccc2)cc1. The van der Waals surface area contributed by atoms with Gasteiger partial charge < -0.3 is 10.4 Å². The molecule has 0 radical (unpaired) electrons. The average Bonchev–Trinajstić information content (AvgIpc) is 3.21. The Morgan fingerprint density at radius 1 is 0.964 bits per heavy atom. The highest BCUT2D eigenvalue weighted by molar-refractivity contribution is 7.00. The highest BCUT2D eigenvalue weighted by Gasteiger charge is 2.24. The van der Waals surface area contributed by atoms with Crippen LogP contribution in [0.4, 0.5) is 0 Å². The molecule has 1 atom stereocenters. The largest absolute Gasteiger partial charge is 0.384 e. The first-order chi connectivity index (χ1) is 13.5. The van der Waals surface area contributed by atoms with Gasteiger partial charge in [0.05, 0.1) is 18.3 Å². The quantitative estimate of drug-likeness (QED) is 0.541. The normalized spacial score (nSPS) is 13.2. The third-order valence-corrected chi connectivity index (χ3v) is 5.28. The first kappa shape index (κ1) is 18.3. The van der Waals surface area contributed by atoms with E-state index < -0.39 is 5.60 Å². The van der Waals surface area contributed by atoms with E-state index in [1.807, 2.05) is 54.6 Å². The minimum Gasteiger partial charge on any atom is -0.384 e. The summed E-state index contributed by atoms with van der Waals surface area (Å²) >= 11 is 1.12. The van der Waals surface area contributed by atoms with Gasteiger partial charge in [-0.1, -0.05) is 54.6 Å². The van der Waals surface area contributed by atoms with Crippen molar-refractivity contribution in [3.8, 4) is 11.1 Å². The van der Waals surface area contributed by atoms with E-state index in [1.165, 1.54) is 0 Å². The molecular weight excluding hydrogens is 370 g/mol. The summed E-state index contributed by atoms with van der Waals surface area (Å²) in [5.41, 5.74) is 3.72. The van der Waals surface area contributed by atoms with Gasteiger partial charge in [-0.05, 0) is 41.8 Å². The van der Waals surface area contributed by atoms with E-state index in [0.29, 0.717) is 11.1 Å². The topological polar surface area (TPSA) is 75.1 Å². The van der Waals surface area contributed by atoms with Gasteiger partial charge in [-0.2, -0.15) is 8.75 Å². The van der Waals surface area contributed by atoms with Crippen LogP contribution in [0.5, 0.6) is 0 Å². The summed E-state index contributed by atoms with van der Waals surface area (Å²) in [6.07, 6.45) is 0. The van der Waals surface area contributed by atoms with E-state index in [4.69, 9.17) is 0 Å². The van der Waals surface area contributed by atoms with Gasteiger partial charge >= 0.3 is 0 Å². The van der Waals surface area contributed by atoms with E-state index >= 15 is 0 Å². The Hall–Kier alpha value is -3.09. The predicted molar refractivity (Wildman–Crippen MR) is 111 cm³/mol. The molecule has 0 saturated heterocycles. The maximum Gasteiger partial charge on any atom is 0.251 e. The van der Waals surface area contributed by atoms with Crippen molar-refractivity contribution in [2.24, 2.45) is 0 Å². The lowest BCUT2D eigenvalue weighted by Gasteiger charge is -2.24. The molecule has 0 unspecified atom stereocenters. The number of aliphatic hydroxyl groups is 1. The number of aromatic nitrogens is 2. The van der Waals surface area contributed by atoms with Crippen molar-refractivity contribution in [3.63, 3.8) is 0 Å². The maximum absolute atomic E-state index is 12.5. The molecule has 0 aliphatic carbocycles. The van der Waals surface area contributed by atoms with E-state index in [9.17, 15) is 9.90 Å². The lowest BCUT2D eigenvalue weighted by atomic mass is 9.93. The van der Waals surface area contributed by atoms with Crippen molar-refractivity contribution >= 4 is 28.7 Å². The summed E-state index contributed by atoms with van der Waals surface area (Å²) in [4.78, 5) is 12.5. The number of rotatable bonds is 5. The van der Waals surface area contributed by atoms with Gasteiger partial charge in [0.1, 0.15) is 16.6 Å². The molecule has 140 valence electrons. The van der Waals surface area contributed by atoms with Gasteiger partial charge in [0.15, 0.2) is 0 Å². The minimum atomic E-state index is -1.18. The summed E-state index contributed by atoms with van der Waals surface area (Å²) in [6.45, 7) is 1.79. The molecule has 2 N–H and O–H groups in total. The zero-order valence-electron chi connectivity index (χ0n) is 15.3. The fraction of sp³-hybridized carbons (Fsp3) is 0.136. The van der Waals surface area contributed by atoms with Crippen molar-refractivity contribution in [1.82, 2.24) is 14.1 Å². The van der Waals surface area contributed by atoms with Gasteiger partial charge in [-0.25, -0.2) is 0 Å². The number of nitrogens with zero attached hydrogens (tertiary/aromatic N) is 2. The van der Waals surface area contributed by atoms with Crippen molar-refractivity contribution in [2.45, 2.75) is 12.5 Å². The lowest BCUT2D eigenvalue weighted by Crippen LogP contribution is -2.38. The number of amides is 1. The summed E-state index contributed by atoms with van der Waals surface area (Å²) in [7, 11) is 0. The molecule has 1 aromatic heterocycles. The molecule has 0 aliphatic heterocycles. The van der Waals surface area contributed by atoms with Crippen molar-refractivity contribution in [3.05, 3.63) is 83.9 Å². The Labute approximate surface area is 167 Å². The van der Waals surface area contributed by atoms with Crippen LogP contribution in [0.25, 0.3) is 22.2 Å². The fourth-order valence-corrected chi connectivity index (χ4v) is 3.55. The molecular formula is C22H19N3O2S. The average molecular weight is 389 g/mol. The van der Waals surface area contributed by atoms with Crippen LogP contribution in [0.1, 0.15) is 22.8 Å². The van der Waals surface area contributed by atoms with Crippen LogP contribution in [-0.4, -0.2) is 26.3 Å². The van der Waals surface area contributed by atoms with Crippen molar-refractivity contribution in [1.29, 1.82) is 0 Å². The zero-order valence-corrected chi connectivity index (χ0v) is 16.1. The Bertz CT molecular complexity index is 1110. The maximum atomic E-state index is 12.5. The molecule has 0 bridgehead atoms. The molecule has 0 saturated carbocycles. The molecule has 0 aliphatic rings. The molecule has 6 heteroatoms. The summed E-state index contributed by atoms with van der Waals surface area (Å²) in [6, 6.07) is 23.0. The smallest absolute Gasteiger partial charge is 0.251 e. The molecule has 5 nitrogen and oxygen atoms in total. The second-order valence-electron chi connectivity index (χ2n) is 6.87. The van der Waals surface area contributed by atoms with E-state index in [1.54, 1.807) is 25.1 Å². The second kappa shape index (κ2) is 7.50. The predicted octanol–water partition coefficient (Wildman–Crippen LogP) is 4.00. The van der Waals surface area contributed by atoms with Crippen LogP contribution in [-0.2, 0) is 5.60 Å². The number of nitrogens with one attached hydrogen (secondary N) is 1. The molecule has 28 heavy (non-hydrogen) atoms. The Kier molecular flexibility index (Phi) is 4.90. The number of fused-ring (bicyclic) bond motifs is 1. The van der Waals surface area contributed by atoms with Crippen LogP contribution >= 0.6 is 11.7 Å². The molecule has 1 amide bonds. The Morgan fingerprint density at radius 2 is 1.64 bits per heavy atom.